The fourth-order valence-corrected chi connectivity index (χ4v) is 2.02. The summed E-state index contributed by atoms with van der Waals surface area (Å²) >= 11 is 3.28. The molecule has 0 aliphatic rings. The molecule has 1 amide bonds. The van der Waals surface area contributed by atoms with Crippen LogP contribution < -0.4 is 11.1 Å². The molecule has 1 aromatic carbocycles. The first-order valence-electron chi connectivity index (χ1n) is 5.77. The lowest BCUT2D eigenvalue weighted by Gasteiger charge is -2.10. The molecule has 0 saturated heterocycles. The highest BCUT2D eigenvalue weighted by Gasteiger charge is 2.12. The van der Waals surface area contributed by atoms with Crippen molar-refractivity contribution < 1.29 is 4.79 Å². The fraction of sp³-hybridized carbons (Fsp3) is 0.143. The molecule has 98 valence electrons. The number of aromatic nitrogens is 1. The van der Waals surface area contributed by atoms with Crippen LogP contribution in [0.3, 0.4) is 0 Å². The van der Waals surface area contributed by atoms with Crippen molar-refractivity contribution >= 4 is 33.3 Å². The van der Waals surface area contributed by atoms with Gasteiger partial charge in [0.15, 0.2) is 0 Å². The Bertz CT molecular complexity index is 641. The van der Waals surface area contributed by atoms with Crippen LogP contribution in [0.4, 0.5) is 11.5 Å². The van der Waals surface area contributed by atoms with Gasteiger partial charge in [-0.3, -0.25) is 4.79 Å². The number of halogens is 1. The predicted octanol–water partition coefficient (Wildman–Crippen LogP) is 3.30. The van der Waals surface area contributed by atoms with E-state index < -0.39 is 0 Å². The Hall–Kier alpha value is -1.88. The fourth-order valence-electron chi connectivity index (χ4n) is 1.69. The first-order chi connectivity index (χ1) is 8.97. The third-order valence-electron chi connectivity index (χ3n) is 2.77. The van der Waals surface area contributed by atoms with Gasteiger partial charge >= 0.3 is 0 Å². The Morgan fingerprint density at radius 1 is 1.32 bits per heavy atom. The second-order valence-electron chi connectivity index (χ2n) is 4.36. The number of rotatable bonds is 2. The third kappa shape index (κ3) is 3.12. The number of anilines is 2. The number of hydrogen-bond donors (Lipinski definition) is 2. The molecule has 0 atom stereocenters. The van der Waals surface area contributed by atoms with Crippen molar-refractivity contribution in [3.63, 3.8) is 0 Å². The maximum absolute atomic E-state index is 12.2. The minimum atomic E-state index is -0.264. The van der Waals surface area contributed by atoms with Crippen LogP contribution in [0.1, 0.15) is 21.5 Å². The van der Waals surface area contributed by atoms with Crippen molar-refractivity contribution in [3.05, 3.63) is 51.6 Å². The van der Waals surface area contributed by atoms with Gasteiger partial charge in [0, 0.05) is 16.4 Å². The molecule has 2 rings (SSSR count). The molecule has 0 unspecified atom stereocenters. The lowest BCUT2D eigenvalue weighted by Crippen LogP contribution is -2.15. The predicted molar refractivity (Wildman–Crippen MR) is 80.2 cm³/mol. The van der Waals surface area contributed by atoms with Gasteiger partial charge < -0.3 is 11.1 Å². The number of nitrogens with two attached hydrogens (primary N) is 1. The average molecular weight is 320 g/mol. The minimum Gasteiger partial charge on any atom is -0.383 e. The molecule has 19 heavy (non-hydrogen) atoms. The summed E-state index contributed by atoms with van der Waals surface area (Å²) in [5.74, 6) is -0.0500. The van der Waals surface area contributed by atoms with E-state index >= 15 is 0 Å². The Kier molecular flexibility index (Phi) is 3.85. The molecule has 0 saturated carbocycles. The number of nitrogens with zero attached hydrogens (tertiary/aromatic N) is 1. The van der Waals surface area contributed by atoms with Crippen LogP contribution >= 0.6 is 15.9 Å². The highest BCUT2D eigenvalue weighted by molar-refractivity contribution is 9.10. The van der Waals surface area contributed by atoms with E-state index in [1.165, 1.54) is 0 Å². The average Bonchev–Trinajstić information content (AvgIpc) is 2.36. The topological polar surface area (TPSA) is 68.0 Å². The third-order valence-corrected chi connectivity index (χ3v) is 3.20. The van der Waals surface area contributed by atoms with Gasteiger partial charge in [-0.25, -0.2) is 4.98 Å². The molecule has 0 aliphatic heterocycles. The van der Waals surface area contributed by atoms with Crippen molar-refractivity contribution in [2.75, 3.05) is 11.1 Å². The van der Waals surface area contributed by atoms with Crippen LogP contribution in [0.15, 0.2) is 34.9 Å². The summed E-state index contributed by atoms with van der Waals surface area (Å²) in [6.07, 6.45) is 1.56. The Balaban J connectivity index is 2.30. The summed E-state index contributed by atoms with van der Waals surface area (Å²) in [4.78, 5) is 16.2. The smallest absolute Gasteiger partial charge is 0.259 e. The zero-order chi connectivity index (χ0) is 14.0. The Morgan fingerprint density at radius 2 is 2.05 bits per heavy atom. The lowest BCUT2D eigenvalue weighted by atomic mass is 10.1. The summed E-state index contributed by atoms with van der Waals surface area (Å²) in [5, 5.41) is 2.86. The van der Waals surface area contributed by atoms with Crippen molar-refractivity contribution in [2.45, 2.75) is 13.8 Å². The molecule has 1 heterocycles. The number of nitrogens with one attached hydrogen (secondary N) is 1. The molecule has 4 nitrogen and oxygen atoms in total. The van der Waals surface area contributed by atoms with Crippen molar-refractivity contribution in [1.82, 2.24) is 4.98 Å². The van der Waals surface area contributed by atoms with Gasteiger partial charge in [0.25, 0.3) is 5.91 Å². The molecule has 5 heteroatoms. The van der Waals surface area contributed by atoms with E-state index in [1.54, 1.807) is 12.3 Å². The van der Waals surface area contributed by atoms with Gasteiger partial charge in [-0.2, -0.15) is 0 Å². The van der Waals surface area contributed by atoms with Crippen LogP contribution in [-0.4, -0.2) is 10.9 Å². The lowest BCUT2D eigenvalue weighted by molar-refractivity contribution is 0.102. The largest absolute Gasteiger partial charge is 0.383 e. The summed E-state index contributed by atoms with van der Waals surface area (Å²) in [6, 6.07) is 7.55. The maximum atomic E-state index is 12.2. The number of aryl methyl sites for hydroxylation is 2. The van der Waals surface area contributed by atoms with Gasteiger partial charge in [-0.1, -0.05) is 12.1 Å². The van der Waals surface area contributed by atoms with Crippen molar-refractivity contribution in [3.8, 4) is 0 Å². The van der Waals surface area contributed by atoms with Crippen molar-refractivity contribution in [2.24, 2.45) is 0 Å². The van der Waals surface area contributed by atoms with Gasteiger partial charge in [-0.15, -0.1) is 0 Å². The monoisotopic (exact) mass is 319 g/mol. The summed E-state index contributed by atoms with van der Waals surface area (Å²) in [7, 11) is 0. The molecule has 0 fully saturated rings. The molecule has 0 radical (unpaired) electrons. The van der Waals surface area contributed by atoms with Crippen LogP contribution in [-0.2, 0) is 0 Å². The molecule has 0 aliphatic carbocycles. The molecule has 0 bridgehead atoms. The van der Waals surface area contributed by atoms with Gasteiger partial charge in [0.2, 0.25) is 0 Å². The van der Waals surface area contributed by atoms with Crippen LogP contribution in [0.2, 0.25) is 0 Å². The second kappa shape index (κ2) is 5.40. The summed E-state index contributed by atoms with van der Waals surface area (Å²) in [5.41, 5.74) is 8.94. The quantitative estimate of drug-likeness (QED) is 0.892. The molecular formula is C14H14BrN3O. The second-order valence-corrected chi connectivity index (χ2v) is 5.27. The van der Waals surface area contributed by atoms with E-state index in [0.717, 1.165) is 16.8 Å². The first kappa shape index (κ1) is 13.5. The molecule has 0 spiro atoms. The zero-order valence-corrected chi connectivity index (χ0v) is 12.3. The summed E-state index contributed by atoms with van der Waals surface area (Å²) < 4.78 is 0.716. The number of benzene rings is 1. The number of carbonyl (C=O) groups is 1. The van der Waals surface area contributed by atoms with E-state index in [-0.39, 0.29) is 11.7 Å². The molecule has 2 aromatic rings. The highest BCUT2D eigenvalue weighted by Crippen LogP contribution is 2.20. The number of pyridine rings is 1. The summed E-state index contributed by atoms with van der Waals surface area (Å²) in [6.45, 7) is 3.92. The standard InChI is InChI=1S/C14H14BrN3O/c1-8-3-4-9(2)12(5-8)18-14(19)11-6-10(15)7-17-13(11)16/h3-7H,1-2H3,(H2,16,17)(H,18,19). The molecular weight excluding hydrogens is 306 g/mol. The molecule has 1 aromatic heterocycles. The SMILES string of the molecule is Cc1ccc(C)c(NC(=O)c2cc(Br)cnc2N)c1. The number of hydrogen-bond acceptors (Lipinski definition) is 3. The van der Waals surface area contributed by atoms with Gasteiger partial charge in [0.1, 0.15) is 5.82 Å². The van der Waals surface area contributed by atoms with Gasteiger partial charge in [-0.05, 0) is 53.0 Å². The van der Waals surface area contributed by atoms with E-state index in [1.807, 2.05) is 32.0 Å². The molecule has 3 N–H and O–H groups in total. The maximum Gasteiger partial charge on any atom is 0.259 e. The van der Waals surface area contributed by atoms with Crippen molar-refractivity contribution in [1.29, 1.82) is 0 Å². The van der Waals surface area contributed by atoms with Crippen LogP contribution in [0.25, 0.3) is 0 Å². The minimum absolute atomic E-state index is 0.214. The van der Waals surface area contributed by atoms with E-state index in [4.69, 9.17) is 5.73 Å². The van der Waals surface area contributed by atoms with E-state index in [0.29, 0.717) is 10.0 Å². The Labute approximate surface area is 120 Å². The van der Waals surface area contributed by atoms with E-state index in [2.05, 4.69) is 26.2 Å². The zero-order valence-electron chi connectivity index (χ0n) is 10.7. The van der Waals surface area contributed by atoms with Crippen LogP contribution in [0.5, 0.6) is 0 Å². The highest BCUT2D eigenvalue weighted by atomic mass is 79.9. The van der Waals surface area contributed by atoms with Gasteiger partial charge in [0.05, 0.1) is 5.56 Å². The number of carbonyl (C=O) groups excluding carboxylic acids is 1. The van der Waals surface area contributed by atoms with Crippen LogP contribution in [0, 0.1) is 13.8 Å². The number of nitrogen functional groups attached to an aromatic ring is 1. The first-order valence-corrected chi connectivity index (χ1v) is 6.56. The normalized spacial score (nSPS) is 10.3. The Morgan fingerprint density at radius 3 is 2.79 bits per heavy atom. The number of amides is 1. The van der Waals surface area contributed by atoms with E-state index in [9.17, 15) is 4.79 Å².